The number of para-hydroxylation sites is 1. The van der Waals surface area contributed by atoms with Crippen LogP contribution in [0.1, 0.15) is 15.9 Å². The van der Waals surface area contributed by atoms with Crippen LogP contribution >= 0.6 is 11.6 Å². The molecule has 0 saturated heterocycles. The number of carbonyl (C=O) groups excluding carboxylic acids is 1. The van der Waals surface area contributed by atoms with Crippen LogP contribution < -0.4 is 5.73 Å². The zero-order valence-electron chi connectivity index (χ0n) is 9.90. The molecule has 3 nitrogen and oxygen atoms in total. The van der Waals surface area contributed by atoms with Gasteiger partial charge in [0.2, 0.25) is 0 Å². The summed E-state index contributed by atoms with van der Waals surface area (Å²) in [4.78, 5) is 11.8. The summed E-state index contributed by atoms with van der Waals surface area (Å²) >= 11 is 5.74. The fraction of sp³-hybridized carbons (Fsp3) is 0.0714. The second-order valence-corrected chi connectivity index (χ2v) is 4.34. The second kappa shape index (κ2) is 5.71. The van der Waals surface area contributed by atoms with Crippen molar-refractivity contribution in [3.05, 3.63) is 64.4 Å². The Balaban J connectivity index is 2.05. The van der Waals surface area contributed by atoms with Crippen LogP contribution in [0.25, 0.3) is 0 Å². The monoisotopic (exact) mass is 279 g/mol. The first-order valence-corrected chi connectivity index (χ1v) is 5.91. The first-order valence-electron chi connectivity index (χ1n) is 5.53. The predicted octanol–water partition coefficient (Wildman–Crippen LogP) is 3.42. The van der Waals surface area contributed by atoms with E-state index in [0.29, 0.717) is 5.02 Å². The molecule has 0 amide bonds. The largest absolute Gasteiger partial charge is 0.457 e. The number of carbonyl (C=O) groups is 1. The summed E-state index contributed by atoms with van der Waals surface area (Å²) in [5.41, 5.74) is 6.08. The summed E-state index contributed by atoms with van der Waals surface area (Å²) in [7, 11) is 0. The Labute approximate surface area is 114 Å². The van der Waals surface area contributed by atoms with Gasteiger partial charge < -0.3 is 10.5 Å². The maximum absolute atomic E-state index is 13.2. The summed E-state index contributed by atoms with van der Waals surface area (Å²) in [6.45, 7) is 0.0754. The van der Waals surface area contributed by atoms with Gasteiger partial charge in [-0.2, -0.15) is 0 Å². The molecule has 0 unspecified atom stereocenters. The molecule has 0 saturated carbocycles. The van der Waals surface area contributed by atoms with Crippen LogP contribution in [0.5, 0.6) is 0 Å². The maximum atomic E-state index is 13.2. The highest BCUT2D eigenvalue weighted by Crippen LogP contribution is 2.17. The highest BCUT2D eigenvalue weighted by Gasteiger charge is 2.13. The molecule has 98 valence electrons. The Kier molecular flexibility index (Phi) is 4.02. The third kappa shape index (κ3) is 3.23. The highest BCUT2D eigenvalue weighted by atomic mass is 35.5. The van der Waals surface area contributed by atoms with Gasteiger partial charge in [0.1, 0.15) is 12.4 Å². The zero-order valence-corrected chi connectivity index (χ0v) is 10.7. The molecule has 2 N–H and O–H groups in total. The maximum Gasteiger partial charge on any atom is 0.340 e. The van der Waals surface area contributed by atoms with Crippen LogP contribution in [0.2, 0.25) is 5.02 Å². The molecule has 0 aliphatic carbocycles. The Morgan fingerprint density at radius 1 is 1.21 bits per heavy atom. The number of rotatable bonds is 3. The van der Waals surface area contributed by atoms with Crippen molar-refractivity contribution >= 4 is 23.3 Å². The van der Waals surface area contributed by atoms with Gasteiger partial charge >= 0.3 is 5.97 Å². The van der Waals surface area contributed by atoms with Gasteiger partial charge in [-0.1, -0.05) is 29.8 Å². The molecule has 0 bridgehead atoms. The molecule has 0 radical (unpaired) electrons. The quantitative estimate of drug-likeness (QED) is 0.692. The van der Waals surface area contributed by atoms with Crippen molar-refractivity contribution in [2.24, 2.45) is 0 Å². The fourth-order valence-corrected chi connectivity index (χ4v) is 1.65. The van der Waals surface area contributed by atoms with E-state index in [-0.39, 0.29) is 17.9 Å². The van der Waals surface area contributed by atoms with Crippen molar-refractivity contribution in [3.63, 3.8) is 0 Å². The topological polar surface area (TPSA) is 52.3 Å². The number of esters is 1. The van der Waals surface area contributed by atoms with Crippen LogP contribution in [0.4, 0.5) is 10.1 Å². The van der Waals surface area contributed by atoms with Gasteiger partial charge in [-0.05, 0) is 29.8 Å². The molecule has 2 aromatic carbocycles. The van der Waals surface area contributed by atoms with Gasteiger partial charge in [-0.25, -0.2) is 9.18 Å². The first-order chi connectivity index (χ1) is 9.08. The molecule has 0 aliphatic heterocycles. The molecule has 19 heavy (non-hydrogen) atoms. The van der Waals surface area contributed by atoms with E-state index in [9.17, 15) is 9.18 Å². The number of ether oxygens (including phenoxy) is 1. The molecular formula is C14H11ClFNO2. The van der Waals surface area contributed by atoms with E-state index in [0.717, 1.165) is 5.56 Å². The average molecular weight is 280 g/mol. The Morgan fingerprint density at radius 2 is 1.89 bits per heavy atom. The van der Waals surface area contributed by atoms with Gasteiger partial charge in [0.25, 0.3) is 0 Å². The summed E-state index contributed by atoms with van der Waals surface area (Å²) in [5, 5.41) is 0.601. The molecule has 0 atom stereocenters. The van der Waals surface area contributed by atoms with Crippen LogP contribution in [0.15, 0.2) is 42.5 Å². The number of hydrogen-bond donors (Lipinski definition) is 1. The van der Waals surface area contributed by atoms with Gasteiger partial charge in [0.15, 0.2) is 0 Å². The Bertz CT molecular complexity index is 599. The molecule has 0 fully saturated rings. The minimum absolute atomic E-state index is 0.0222. The van der Waals surface area contributed by atoms with Gasteiger partial charge in [0.05, 0.1) is 11.3 Å². The predicted molar refractivity (Wildman–Crippen MR) is 71.4 cm³/mol. The van der Waals surface area contributed by atoms with Crippen LogP contribution in [-0.4, -0.2) is 5.97 Å². The van der Waals surface area contributed by atoms with E-state index >= 15 is 0 Å². The standard InChI is InChI=1S/C14H11ClFNO2/c15-10-6-4-9(5-7-10)8-19-14(18)11-2-1-3-12(16)13(11)17/h1-7H,8,17H2. The van der Waals surface area contributed by atoms with Gasteiger partial charge in [-0.3, -0.25) is 0 Å². The summed E-state index contributed by atoms with van der Waals surface area (Å²) in [6.07, 6.45) is 0. The Morgan fingerprint density at radius 3 is 2.58 bits per heavy atom. The molecule has 2 rings (SSSR count). The summed E-state index contributed by atoms with van der Waals surface area (Å²) in [6, 6.07) is 10.9. The van der Waals surface area contributed by atoms with Crippen molar-refractivity contribution in [2.45, 2.75) is 6.61 Å². The minimum atomic E-state index is -0.660. The highest BCUT2D eigenvalue weighted by molar-refractivity contribution is 6.30. The molecular weight excluding hydrogens is 269 g/mol. The van der Waals surface area contributed by atoms with Crippen molar-refractivity contribution < 1.29 is 13.9 Å². The molecule has 2 aromatic rings. The van der Waals surface area contributed by atoms with E-state index < -0.39 is 11.8 Å². The molecule has 0 aromatic heterocycles. The van der Waals surface area contributed by atoms with E-state index in [1.807, 2.05) is 0 Å². The van der Waals surface area contributed by atoms with E-state index in [1.165, 1.54) is 18.2 Å². The van der Waals surface area contributed by atoms with Crippen molar-refractivity contribution in [2.75, 3.05) is 5.73 Å². The normalized spacial score (nSPS) is 10.2. The van der Waals surface area contributed by atoms with Crippen molar-refractivity contribution in [1.82, 2.24) is 0 Å². The zero-order chi connectivity index (χ0) is 13.8. The van der Waals surface area contributed by atoms with Crippen molar-refractivity contribution in [3.8, 4) is 0 Å². The number of halogens is 2. The smallest absolute Gasteiger partial charge is 0.340 e. The van der Waals surface area contributed by atoms with Gasteiger partial charge in [-0.15, -0.1) is 0 Å². The van der Waals surface area contributed by atoms with E-state index in [4.69, 9.17) is 22.1 Å². The molecule has 0 aliphatic rings. The SMILES string of the molecule is Nc1c(F)cccc1C(=O)OCc1ccc(Cl)cc1. The van der Waals surface area contributed by atoms with Gasteiger partial charge in [0, 0.05) is 5.02 Å². The average Bonchev–Trinajstić information content (AvgIpc) is 2.41. The van der Waals surface area contributed by atoms with E-state index in [2.05, 4.69) is 0 Å². The lowest BCUT2D eigenvalue weighted by atomic mass is 10.2. The lowest BCUT2D eigenvalue weighted by Crippen LogP contribution is -2.09. The lowest BCUT2D eigenvalue weighted by Gasteiger charge is -2.07. The third-order valence-electron chi connectivity index (χ3n) is 2.56. The lowest BCUT2D eigenvalue weighted by molar-refractivity contribution is 0.0473. The van der Waals surface area contributed by atoms with Crippen LogP contribution in [-0.2, 0) is 11.3 Å². The Hall–Kier alpha value is -2.07. The number of nitrogens with two attached hydrogens (primary N) is 1. The number of anilines is 1. The molecule has 0 spiro atoms. The van der Waals surface area contributed by atoms with Crippen LogP contribution in [0, 0.1) is 5.82 Å². The first kappa shape index (κ1) is 13.4. The fourth-order valence-electron chi connectivity index (χ4n) is 1.52. The molecule has 0 heterocycles. The summed E-state index contributed by atoms with van der Waals surface area (Å²) in [5.74, 6) is -1.30. The summed E-state index contributed by atoms with van der Waals surface area (Å²) < 4.78 is 18.3. The minimum Gasteiger partial charge on any atom is -0.457 e. The van der Waals surface area contributed by atoms with E-state index in [1.54, 1.807) is 24.3 Å². The molecule has 5 heteroatoms. The third-order valence-corrected chi connectivity index (χ3v) is 2.81. The number of hydrogen-bond acceptors (Lipinski definition) is 3. The number of benzene rings is 2. The number of nitrogen functional groups attached to an aromatic ring is 1. The van der Waals surface area contributed by atoms with Crippen LogP contribution in [0.3, 0.4) is 0 Å². The second-order valence-electron chi connectivity index (χ2n) is 3.90. The van der Waals surface area contributed by atoms with Crippen molar-refractivity contribution in [1.29, 1.82) is 0 Å².